The molecule has 0 unspecified atom stereocenters. The van der Waals surface area contributed by atoms with Gasteiger partial charge in [0, 0.05) is 5.56 Å². The molecule has 4 heteroatoms. The normalized spacial score (nSPS) is 10.5. The van der Waals surface area contributed by atoms with Gasteiger partial charge in [-0.05, 0) is 6.92 Å². The van der Waals surface area contributed by atoms with Crippen molar-refractivity contribution in [1.29, 1.82) is 0 Å². The molecule has 0 bridgehead atoms. The summed E-state index contributed by atoms with van der Waals surface area (Å²) in [5.41, 5.74) is 2.25. The Hall–Kier alpha value is -1.45. The van der Waals surface area contributed by atoms with Crippen molar-refractivity contribution >= 4 is 11.2 Å². The zero-order valence-electron chi connectivity index (χ0n) is 5.40. The van der Waals surface area contributed by atoms with Crippen molar-refractivity contribution in [3.63, 3.8) is 0 Å². The number of aryl methyl sites for hydroxylation is 1. The fraction of sp³-hybridized carbons (Fsp3) is 0.167. The number of fused-ring (bicyclic) bond motifs is 1. The van der Waals surface area contributed by atoms with E-state index < -0.39 is 0 Å². The van der Waals surface area contributed by atoms with Gasteiger partial charge in [0.1, 0.15) is 0 Å². The van der Waals surface area contributed by atoms with Crippen molar-refractivity contribution in [1.82, 2.24) is 15.2 Å². The molecular formula is C6H5N3O. The van der Waals surface area contributed by atoms with E-state index in [0.717, 1.165) is 11.1 Å². The summed E-state index contributed by atoms with van der Waals surface area (Å²) in [6.07, 6.45) is 3.01. The highest BCUT2D eigenvalue weighted by Gasteiger charge is 2.01. The van der Waals surface area contributed by atoms with Crippen molar-refractivity contribution < 1.29 is 4.42 Å². The minimum absolute atomic E-state index is 0.569. The smallest absolute Gasteiger partial charge is 0.220 e. The summed E-state index contributed by atoms with van der Waals surface area (Å²) in [6, 6.07) is 0. The van der Waals surface area contributed by atoms with E-state index in [4.69, 9.17) is 4.42 Å². The van der Waals surface area contributed by atoms with Gasteiger partial charge in [-0.3, -0.25) is 0 Å². The highest BCUT2D eigenvalue weighted by atomic mass is 16.3. The molecule has 0 aliphatic heterocycles. The lowest BCUT2D eigenvalue weighted by Gasteiger charge is -1.86. The van der Waals surface area contributed by atoms with Gasteiger partial charge in [0.25, 0.3) is 0 Å². The number of oxazole rings is 1. The quantitative estimate of drug-likeness (QED) is 0.539. The van der Waals surface area contributed by atoms with Crippen LogP contribution in [0.5, 0.6) is 0 Å². The first kappa shape index (κ1) is 5.34. The van der Waals surface area contributed by atoms with E-state index in [0.29, 0.717) is 5.65 Å². The third kappa shape index (κ3) is 0.586. The highest BCUT2D eigenvalue weighted by Crippen LogP contribution is 2.11. The summed E-state index contributed by atoms with van der Waals surface area (Å²) >= 11 is 0. The van der Waals surface area contributed by atoms with Crippen molar-refractivity contribution in [2.45, 2.75) is 6.92 Å². The summed E-state index contributed by atoms with van der Waals surface area (Å²) in [4.78, 5) is 3.84. The van der Waals surface area contributed by atoms with Gasteiger partial charge in [-0.25, -0.2) is 0 Å². The molecule has 0 spiro atoms. The Morgan fingerprint density at radius 3 is 3.20 bits per heavy atom. The maximum Gasteiger partial charge on any atom is 0.220 e. The molecule has 0 atom stereocenters. The van der Waals surface area contributed by atoms with Crippen LogP contribution in [0.4, 0.5) is 0 Å². The Morgan fingerprint density at radius 2 is 2.40 bits per heavy atom. The molecule has 50 valence electrons. The fourth-order valence-electron chi connectivity index (χ4n) is 0.810. The average molecular weight is 135 g/mol. The third-order valence-electron chi connectivity index (χ3n) is 1.31. The summed E-state index contributed by atoms with van der Waals surface area (Å²) in [5.74, 6) is 0. The maximum absolute atomic E-state index is 5.04. The Balaban J connectivity index is 2.95. The van der Waals surface area contributed by atoms with Gasteiger partial charge in [0.15, 0.2) is 12.0 Å². The monoisotopic (exact) mass is 135 g/mol. The van der Waals surface area contributed by atoms with Gasteiger partial charge in [-0.2, -0.15) is 10.1 Å². The number of hydrogen-bond donors (Lipinski definition) is 0. The molecule has 0 aliphatic carbocycles. The summed E-state index contributed by atoms with van der Waals surface area (Å²) in [6.45, 7) is 1.90. The zero-order chi connectivity index (χ0) is 6.97. The largest absolute Gasteiger partial charge is 0.441 e. The van der Waals surface area contributed by atoms with Crippen molar-refractivity contribution in [3.05, 3.63) is 18.2 Å². The van der Waals surface area contributed by atoms with E-state index in [1.165, 1.54) is 6.39 Å². The van der Waals surface area contributed by atoms with E-state index in [1.807, 2.05) is 6.92 Å². The average Bonchev–Trinajstić information content (AvgIpc) is 2.36. The number of nitrogens with zero attached hydrogens (tertiary/aromatic N) is 3. The Kier molecular flexibility index (Phi) is 0.943. The van der Waals surface area contributed by atoms with E-state index in [2.05, 4.69) is 15.2 Å². The van der Waals surface area contributed by atoms with Crippen molar-refractivity contribution in [3.8, 4) is 0 Å². The van der Waals surface area contributed by atoms with Gasteiger partial charge in [0.05, 0.1) is 6.20 Å². The van der Waals surface area contributed by atoms with Crippen LogP contribution in [0.1, 0.15) is 5.56 Å². The number of rotatable bonds is 0. The molecule has 2 aromatic rings. The van der Waals surface area contributed by atoms with Gasteiger partial charge in [0.2, 0.25) is 5.65 Å². The van der Waals surface area contributed by atoms with E-state index in [9.17, 15) is 0 Å². The van der Waals surface area contributed by atoms with Crippen LogP contribution < -0.4 is 0 Å². The lowest BCUT2D eigenvalue weighted by Crippen LogP contribution is -1.83. The lowest BCUT2D eigenvalue weighted by atomic mass is 10.3. The highest BCUT2D eigenvalue weighted by molar-refractivity contribution is 5.69. The fourth-order valence-corrected chi connectivity index (χ4v) is 0.810. The Morgan fingerprint density at radius 1 is 1.50 bits per heavy atom. The molecule has 0 fully saturated rings. The van der Waals surface area contributed by atoms with Crippen LogP contribution in [0.2, 0.25) is 0 Å². The molecule has 2 aromatic heterocycles. The number of hydrogen-bond acceptors (Lipinski definition) is 4. The van der Waals surface area contributed by atoms with E-state index in [1.54, 1.807) is 6.20 Å². The third-order valence-corrected chi connectivity index (χ3v) is 1.31. The first-order valence-corrected chi connectivity index (χ1v) is 2.89. The standard InChI is InChI=1S/C6H5N3O/c1-4-2-8-9-6-5(4)10-3-7-6/h2-3H,1H3. The molecule has 2 rings (SSSR count). The second kappa shape index (κ2) is 1.76. The van der Waals surface area contributed by atoms with E-state index in [-0.39, 0.29) is 0 Å². The zero-order valence-corrected chi connectivity index (χ0v) is 5.40. The molecule has 2 heterocycles. The topological polar surface area (TPSA) is 51.8 Å². The minimum Gasteiger partial charge on any atom is -0.441 e. The second-order valence-electron chi connectivity index (χ2n) is 2.03. The van der Waals surface area contributed by atoms with Gasteiger partial charge >= 0.3 is 0 Å². The van der Waals surface area contributed by atoms with Crippen molar-refractivity contribution in [2.24, 2.45) is 0 Å². The molecule has 0 aromatic carbocycles. The van der Waals surface area contributed by atoms with Crippen molar-refractivity contribution in [2.75, 3.05) is 0 Å². The molecule has 0 radical (unpaired) electrons. The van der Waals surface area contributed by atoms with Gasteiger partial charge in [-0.1, -0.05) is 0 Å². The predicted octanol–water partition coefficient (Wildman–Crippen LogP) is 0.926. The molecule has 0 amide bonds. The first-order chi connectivity index (χ1) is 4.88. The van der Waals surface area contributed by atoms with Crippen LogP contribution >= 0.6 is 0 Å². The Bertz CT molecular complexity index is 355. The Labute approximate surface area is 56.9 Å². The number of aromatic nitrogens is 3. The molecular weight excluding hydrogens is 130 g/mol. The molecule has 10 heavy (non-hydrogen) atoms. The first-order valence-electron chi connectivity index (χ1n) is 2.89. The molecule has 0 aliphatic rings. The molecule has 0 saturated heterocycles. The summed E-state index contributed by atoms with van der Waals surface area (Å²) in [5, 5.41) is 7.46. The summed E-state index contributed by atoms with van der Waals surface area (Å²) < 4.78 is 5.04. The van der Waals surface area contributed by atoms with Crippen LogP contribution in [0.25, 0.3) is 11.2 Å². The predicted molar refractivity (Wildman–Crippen MR) is 34.3 cm³/mol. The van der Waals surface area contributed by atoms with Crippen LogP contribution in [-0.4, -0.2) is 15.2 Å². The second-order valence-corrected chi connectivity index (χ2v) is 2.03. The lowest BCUT2D eigenvalue weighted by molar-refractivity contribution is 0.599. The minimum atomic E-state index is 0.569. The molecule has 0 N–H and O–H groups in total. The summed E-state index contributed by atoms with van der Waals surface area (Å²) in [7, 11) is 0. The van der Waals surface area contributed by atoms with Crippen LogP contribution in [0.15, 0.2) is 17.0 Å². The van der Waals surface area contributed by atoms with Crippen LogP contribution in [0.3, 0.4) is 0 Å². The molecule has 4 nitrogen and oxygen atoms in total. The van der Waals surface area contributed by atoms with E-state index >= 15 is 0 Å². The van der Waals surface area contributed by atoms with Crippen LogP contribution in [-0.2, 0) is 0 Å². The van der Waals surface area contributed by atoms with Gasteiger partial charge in [-0.15, -0.1) is 5.10 Å². The molecule has 0 saturated carbocycles. The maximum atomic E-state index is 5.04. The van der Waals surface area contributed by atoms with Gasteiger partial charge < -0.3 is 4.42 Å². The van der Waals surface area contributed by atoms with Crippen LogP contribution in [0, 0.1) is 6.92 Å². The SMILES string of the molecule is Cc1cnnc2ncoc12.